The van der Waals surface area contributed by atoms with E-state index in [1.165, 1.54) is 19.3 Å². The molecular weight excluding hydrogens is 212 g/mol. The normalized spacial score (nSPS) is 30.2. The van der Waals surface area contributed by atoms with Gasteiger partial charge < -0.3 is 9.64 Å². The van der Waals surface area contributed by atoms with Gasteiger partial charge in [-0.2, -0.15) is 4.99 Å². The van der Waals surface area contributed by atoms with Gasteiger partial charge in [-0.3, -0.25) is 0 Å². The molecule has 1 aromatic rings. The van der Waals surface area contributed by atoms with Crippen molar-refractivity contribution in [2.75, 3.05) is 13.6 Å². The number of hydrogen-bond donors (Lipinski definition) is 0. The lowest BCUT2D eigenvalue weighted by Gasteiger charge is -2.35. The smallest absolute Gasteiger partial charge is 0.292 e. The van der Waals surface area contributed by atoms with Gasteiger partial charge >= 0.3 is 0 Å². The van der Waals surface area contributed by atoms with Gasteiger partial charge in [0.2, 0.25) is 0 Å². The maximum absolute atomic E-state index is 6.00. The number of nitrogens with zero attached hydrogens (tertiary/aromatic N) is 2. The Morgan fingerprint density at radius 1 is 1.24 bits per heavy atom. The molecule has 0 N–H and O–H groups in total. The second-order valence-corrected chi connectivity index (χ2v) is 4.96. The lowest BCUT2D eigenvalue weighted by molar-refractivity contribution is 0.0689. The van der Waals surface area contributed by atoms with Gasteiger partial charge in [0.05, 0.1) is 5.69 Å². The maximum Gasteiger partial charge on any atom is 0.292 e. The molecule has 0 aromatic heterocycles. The molecule has 0 spiro atoms. The van der Waals surface area contributed by atoms with Crippen molar-refractivity contribution in [2.24, 2.45) is 10.9 Å². The molecule has 1 aliphatic heterocycles. The third-order valence-electron chi connectivity index (χ3n) is 3.66. The Morgan fingerprint density at radius 2 is 2.06 bits per heavy atom. The van der Waals surface area contributed by atoms with Gasteiger partial charge in [-0.25, -0.2) is 0 Å². The second kappa shape index (κ2) is 4.40. The fourth-order valence-corrected chi connectivity index (χ4v) is 2.75. The Kier molecular flexibility index (Phi) is 2.75. The number of fused-ring (bicyclic) bond motifs is 1. The minimum atomic E-state index is 0.397. The molecule has 90 valence electrons. The first-order valence-corrected chi connectivity index (χ1v) is 6.34. The predicted octanol–water partition coefficient (Wildman–Crippen LogP) is 2.80. The standard InChI is InChI=1S/C14H18N2O/c1-16-10-11-6-5-9-13(11)17-14(16)15-12-7-3-2-4-8-12/h2-4,7-8,11,13H,5-6,9-10H2,1H3/t11-,13-/m1/s1. The van der Waals surface area contributed by atoms with E-state index in [9.17, 15) is 0 Å². The highest BCUT2D eigenvalue weighted by atomic mass is 16.5. The third-order valence-corrected chi connectivity index (χ3v) is 3.66. The fourth-order valence-electron chi connectivity index (χ4n) is 2.75. The van der Waals surface area contributed by atoms with E-state index >= 15 is 0 Å². The zero-order valence-corrected chi connectivity index (χ0v) is 10.2. The fraction of sp³-hybridized carbons (Fsp3) is 0.500. The highest BCUT2D eigenvalue weighted by Crippen LogP contribution is 2.32. The first-order chi connectivity index (χ1) is 8.33. The highest BCUT2D eigenvalue weighted by Gasteiger charge is 2.36. The van der Waals surface area contributed by atoms with Crippen LogP contribution >= 0.6 is 0 Å². The van der Waals surface area contributed by atoms with E-state index < -0.39 is 0 Å². The Hall–Kier alpha value is -1.51. The lowest BCUT2D eigenvalue weighted by atomic mass is 10.0. The summed E-state index contributed by atoms with van der Waals surface area (Å²) in [6.07, 6.45) is 4.18. The van der Waals surface area contributed by atoms with Crippen LogP contribution in [0, 0.1) is 5.92 Å². The molecule has 1 saturated heterocycles. The summed E-state index contributed by atoms with van der Waals surface area (Å²) < 4.78 is 6.00. The van der Waals surface area contributed by atoms with Gasteiger partial charge in [0.15, 0.2) is 0 Å². The van der Waals surface area contributed by atoms with Gasteiger partial charge in [0.1, 0.15) is 6.10 Å². The molecule has 2 aliphatic rings. The number of ether oxygens (including phenoxy) is 1. The molecule has 3 nitrogen and oxygen atoms in total. The first kappa shape index (κ1) is 10.6. The van der Waals surface area contributed by atoms with Gasteiger partial charge in [-0.1, -0.05) is 18.2 Å². The number of benzene rings is 1. The van der Waals surface area contributed by atoms with Crippen molar-refractivity contribution in [3.63, 3.8) is 0 Å². The van der Waals surface area contributed by atoms with Gasteiger partial charge in [0.25, 0.3) is 6.02 Å². The average Bonchev–Trinajstić information content (AvgIpc) is 2.78. The summed E-state index contributed by atoms with van der Waals surface area (Å²) in [5.41, 5.74) is 0.964. The SMILES string of the molecule is CN1C[C@H]2CCC[C@H]2OC1=Nc1ccccc1. The molecule has 17 heavy (non-hydrogen) atoms. The molecule has 3 heteroatoms. The minimum absolute atomic E-state index is 0.397. The van der Waals surface area contributed by atoms with E-state index in [-0.39, 0.29) is 0 Å². The number of para-hydroxylation sites is 1. The molecule has 2 atom stereocenters. The Labute approximate surface area is 102 Å². The van der Waals surface area contributed by atoms with Crippen molar-refractivity contribution >= 4 is 11.7 Å². The molecule has 1 aromatic carbocycles. The van der Waals surface area contributed by atoms with Crippen LogP contribution in [0.5, 0.6) is 0 Å². The monoisotopic (exact) mass is 230 g/mol. The average molecular weight is 230 g/mol. The zero-order valence-electron chi connectivity index (χ0n) is 10.2. The van der Waals surface area contributed by atoms with Crippen molar-refractivity contribution < 1.29 is 4.74 Å². The van der Waals surface area contributed by atoms with Crippen LogP contribution in [0.25, 0.3) is 0 Å². The summed E-state index contributed by atoms with van der Waals surface area (Å²) in [6.45, 7) is 1.08. The summed E-state index contributed by atoms with van der Waals surface area (Å²) in [5, 5.41) is 0. The third kappa shape index (κ3) is 2.14. The van der Waals surface area contributed by atoms with E-state index in [4.69, 9.17) is 4.74 Å². The second-order valence-electron chi connectivity index (χ2n) is 4.96. The van der Waals surface area contributed by atoms with Crippen molar-refractivity contribution in [1.29, 1.82) is 0 Å². The van der Waals surface area contributed by atoms with E-state index in [0.29, 0.717) is 12.0 Å². The van der Waals surface area contributed by atoms with Crippen molar-refractivity contribution in [1.82, 2.24) is 4.90 Å². The molecule has 0 radical (unpaired) electrons. The van der Waals surface area contributed by atoms with E-state index in [1.54, 1.807) is 0 Å². The van der Waals surface area contributed by atoms with Gasteiger partial charge in [-0.05, 0) is 31.4 Å². The number of amidine groups is 1. The van der Waals surface area contributed by atoms with Gasteiger partial charge in [0, 0.05) is 19.5 Å². The van der Waals surface area contributed by atoms with Crippen LogP contribution in [0.1, 0.15) is 19.3 Å². The van der Waals surface area contributed by atoms with Crippen LogP contribution in [0.3, 0.4) is 0 Å². The molecule has 0 amide bonds. The number of hydrogen-bond acceptors (Lipinski definition) is 2. The molecule has 2 fully saturated rings. The van der Waals surface area contributed by atoms with Crippen LogP contribution in [0.2, 0.25) is 0 Å². The van der Waals surface area contributed by atoms with Crippen LogP contribution in [-0.2, 0) is 4.74 Å². The van der Waals surface area contributed by atoms with Crippen LogP contribution in [0.4, 0.5) is 5.69 Å². The lowest BCUT2D eigenvalue weighted by Crippen LogP contribution is -2.44. The molecule has 3 rings (SSSR count). The van der Waals surface area contributed by atoms with Crippen molar-refractivity contribution in [3.8, 4) is 0 Å². The minimum Gasteiger partial charge on any atom is -0.461 e. The Balaban J connectivity index is 1.81. The van der Waals surface area contributed by atoms with E-state index in [1.807, 2.05) is 30.3 Å². The van der Waals surface area contributed by atoms with Crippen molar-refractivity contribution in [2.45, 2.75) is 25.4 Å². The van der Waals surface area contributed by atoms with Gasteiger partial charge in [-0.15, -0.1) is 0 Å². The van der Waals surface area contributed by atoms with E-state index in [2.05, 4.69) is 16.9 Å². The highest BCUT2D eigenvalue weighted by molar-refractivity contribution is 5.77. The van der Waals surface area contributed by atoms with E-state index in [0.717, 1.165) is 18.3 Å². The Morgan fingerprint density at radius 3 is 2.88 bits per heavy atom. The summed E-state index contributed by atoms with van der Waals surface area (Å²) in [6, 6.07) is 10.8. The zero-order chi connectivity index (χ0) is 11.7. The van der Waals surface area contributed by atoms with Crippen molar-refractivity contribution in [3.05, 3.63) is 30.3 Å². The Bertz CT molecular complexity index is 415. The van der Waals surface area contributed by atoms with Crippen LogP contribution in [0.15, 0.2) is 35.3 Å². The molecule has 1 saturated carbocycles. The molecule has 0 unspecified atom stereocenters. The number of aliphatic imine (C=N–C) groups is 1. The van der Waals surface area contributed by atoms with Crippen LogP contribution < -0.4 is 0 Å². The predicted molar refractivity (Wildman–Crippen MR) is 68.4 cm³/mol. The molecular formula is C14H18N2O. The first-order valence-electron chi connectivity index (χ1n) is 6.34. The maximum atomic E-state index is 6.00. The quantitative estimate of drug-likeness (QED) is 0.741. The molecule has 1 heterocycles. The molecule has 0 bridgehead atoms. The summed E-state index contributed by atoms with van der Waals surface area (Å²) >= 11 is 0. The molecule has 1 aliphatic carbocycles. The largest absolute Gasteiger partial charge is 0.461 e. The van der Waals surface area contributed by atoms with Crippen LogP contribution in [-0.4, -0.2) is 30.6 Å². The topological polar surface area (TPSA) is 24.8 Å². The summed E-state index contributed by atoms with van der Waals surface area (Å²) in [4.78, 5) is 6.72. The number of rotatable bonds is 1. The summed E-state index contributed by atoms with van der Waals surface area (Å²) in [5.74, 6) is 0.703. The summed E-state index contributed by atoms with van der Waals surface area (Å²) in [7, 11) is 2.07.